The van der Waals surface area contributed by atoms with Gasteiger partial charge in [-0.2, -0.15) is 0 Å². The number of aromatic nitrogens is 4. The summed E-state index contributed by atoms with van der Waals surface area (Å²) in [5.74, 6) is -0.147. The van der Waals surface area contributed by atoms with Crippen LogP contribution in [0, 0.1) is 0 Å². The highest BCUT2D eigenvalue weighted by molar-refractivity contribution is 5.94. The van der Waals surface area contributed by atoms with Gasteiger partial charge in [0.2, 0.25) is 0 Å². The molecule has 4 aromatic heterocycles. The van der Waals surface area contributed by atoms with Crippen molar-refractivity contribution in [1.82, 2.24) is 29.7 Å². The number of hydrogen-bond acceptors (Lipinski definition) is 5. The average molecular weight is 445 g/mol. The van der Waals surface area contributed by atoms with Gasteiger partial charge >= 0.3 is 0 Å². The Morgan fingerprint density at radius 3 is 2.82 bits per heavy atom. The van der Waals surface area contributed by atoms with Crippen LogP contribution in [0.1, 0.15) is 48.4 Å². The van der Waals surface area contributed by atoms with Crippen LogP contribution in [0.4, 0.5) is 0 Å². The molecule has 8 heteroatoms. The summed E-state index contributed by atoms with van der Waals surface area (Å²) in [5, 5.41) is 2.79. The second-order valence-electron chi connectivity index (χ2n) is 8.67. The second-order valence-corrected chi connectivity index (χ2v) is 8.67. The van der Waals surface area contributed by atoms with Crippen LogP contribution >= 0.6 is 0 Å². The highest BCUT2D eigenvalue weighted by Crippen LogP contribution is 2.33. The van der Waals surface area contributed by atoms with E-state index in [1.807, 2.05) is 44.3 Å². The third-order valence-corrected chi connectivity index (χ3v) is 6.65. The van der Waals surface area contributed by atoms with E-state index in [-0.39, 0.29) is 11.5 Å². The van der Waals surface area contributed by atoms with Gasteiger partial charge in [0.05, 0.1) is 28.1 Å². The van der Waals surface area contributed by atoms with Crippen LogP contribution < -0.4 is 10.9 Å². The molecular formula is C25H28N6O2. The molecule has 1 fully saturated rings. The first-order chi connectivity index (χ1) is 16.0. The van der Waals surface area contributed by atoms with Gasteiger partial charge in [-0.3, -0.25) is 19.5 Å². The summed E-state index contributed by atoms with van der Waals surface area (Å²) in [7, 11) is 0. The smallest absolute Gasteiger partial charge is 0.269 e. The molecule has 0 bridgehead atoms. The number of rotatable bonds is 6. The molecule has 0 spiro atoms. The number of carbonyl (C=O) groups is 1. The molecule has 1 saturated heterocycles. The molecule has 2 N–H and O–H groups in total. The molecule has 170 valence electrons. The third-order valence-electron chi connectivity index (χ3n) is 6.65. The summed E-state index contributed by atoms with van der Waals surface area (Å²) in [4.78, 5) is 38.7. The van der Waals surface area contributed by atoms with Crippen molar-refractivity contribution >= 4 is 28.0 Å². The van der Waals surface area contributed by atoms with Gasteiger partial charge in [-0.1, -0.05) is 6.92 Å². The van der Waals surface area contributed by atoms with Crippen LogP contribution in [-0.2, 0) is 13.0 Å². The predicted octanol–water partition coefficient (Wildman–Crippen LogP) is 3.03. The molecule has 1 aliphatic rings. The van der Waals surface area contributed by atoms with E-state index in [1.165, 1.54) is 0 Å². The molecule has 5 rings (SSSR count). The molecule has 0 radical (unpaired) electrons. The zero-order valence-electron chi connectivity index (χ0n) is 19.1. The van der Waals surface area contributed by atoms with Crippen LogP contribution in [0.2, 0.25) is 0 Å². The van der Waals surface area contributed by atoms with Crippen molar-refractivity contribution in [3.05, 3.63) is 69.9 Å². The number of amides is 1. The lowest BCUT2D eigenvalue weighted by atomic mass is 9.96. The van der Waals surface area contributed by atoms with Gasteiger partial charge in [0.1, 0.15) is 5.69 Å². The zero-order chi connectivity index (χ0) is 23.1. The van der Waals surface area contributed by atoms with Crippen LogP contribution in [0.15, 0.2) is 47.5 Å². The molecule has 0 aromatic carbocycles. The number of hydrogen-bond donors (Lipinski definition) is 2. The summed E-state index contributed by atoms with van der Waals surface area (Å²) >= 11 is 0. The van der Waals surface area contributed by atoms with Crippen LogP contribution in [0.3, 0.4) is 0 Å². The Labute approximate surface area is 191 Å². The molecule has 1 amide bonds. The van der Waals surface area contributed by atoms with E-state index in [1.54, 1.807) is 6.07 Å². The number of H-pyrrole nitrogens is 1. The SMILES string of the molecule is CCNC(=O)c1ccc2c(ccn2[C@H]2CN(Cc3cnc4cc(CC)c(=O)[nH]c4c3)[C@@H]2C)n1. The fourth-order valence-electron chi connectivity index (χ4n) is 4.65. The number of nitrogens with one attached hydrogen (secondary N) is 2. The fraction of sp³-hybridized carbons (Fsp3) is 0.360. The van der Waals surface area contributed by atoms with Crippen molar-refractivity contribution < 1.29 is 4.79 Å². The zero-order valence-corrected chi connectivity index (χ0v) is 19.1. The monoisotopic (exact) mass is 444 g/mol. The Balaban J connectivity index is 1.31. The van der Waals surface area contributed by atoms with Gasteiger partial charge < -0.3 is 14.9 Å². The van der Waals surface area contributed by atoms with Crippen LogP contribution in [0.5, 0.6) is 0 Å². The highest BCUT2D eigenvalue weighted by atomic mass is 16.1. The lowest BCUT2D eigenvalue weighted by Gasteiger charge is -2.47. The predicted molar refractivity (Wildman–Crippen MR) is 128 cm³/mol. The molecule has 0 unspecified atom stereocenters. The molecule has 0 saturated carbocycles. The van der Waals surface area contributed by atoms with Crippen LogP contribution in [-0.4, -0.2) is 49.5 Å². The largest absolute Gasteiger partial charge is 0.351 e. The van der Waals surface area contributed by atoms with Gasteiger partial charge in [0.25, 0.3) is 11.5 Å². The van der Waals surface area contributed by atoms with Crippen molar-refractivity contribution in [2.24, 2.45) is 0 Å². The van der Waals surface area contributed by atoms with Gasteiger partial charge in [-0.05, 0) is 56.2 Å². The first kappa shape index (κ1) is 21.3. The van der Waals surface area contributed by atoms with E-state index in [9.17, 15) is 9.59 Å². The number of likely N-dealkylation sites (tertiary alicyclic amines) is 1. The van der Waals surface area contributed by atoms with Gasteiger partial charge in [0, 0.05) is 43.6 Å². The molecule has 0 aliphatic carbocycles. The maximum atomic E-state index is 12.2. The number of fused-ring (bicyclic) bond motifs is 2. The maximum absolute atomic E-state index is 12.2. The minimum atomic E-state index is -0.147. The van der Waals surface area contributed by atoms with E-state index in [0.717, 1.165) is 46.3 Å². The van der Waals surface area contributed by atoms with Gasteiger partial charge in [0.15, 0.2) is 0 Å². The van der Waals surface area contributed by atoms with Crippen molar-refractivity contribution in [3.8, 4) is 0 Å². The standard InChI is InChI=1S/C25H28N6O2/c1-4-17-11-20-21(29-24(17)32)10-16(12-27-20)13-30-14-23(15(30)3)31-9-8-18-22(31)7-6-19(28-18)25(33)26-5-2/h6-12,15,23H,4-5,13-14H2,1-3H3,(H,26,33)(H,29,32)/t15-,23+/m1/s1. The quantitative estimate of drug-likeness (QED) is 0.477. The first-order valence-electron chi connectivity index (χ1n) is 11.5. The summed E-state index contributed by atoms with van der Waals surface area (Å²) < 4.78 is 2.26. The molecule has 5 heterocycles. The number of aryl methyl sites for hydroxylation is 1. The summed E-state index contributed by atoms with van der Waals surface area (Å²) in [6, 6.07) is 10.3. The number of aromatic amines is 1. The van der Waals surface area contributed by atoms with Gasteiger partial charge in [-0.15, -0.1) is 0 Å². The minimum Gasteiger partial charge on any atom is -0.351 e. The van der Waals surface area contributed by atoms with Crippen molar-refractivity contribution in [2.45, 2.75) is 45.8 Å². The van der Waals surface area contributed by atoms with E-state index < -0.39 is 0 Å². The van der Waals surface area contributed by atoms with E-state index >= 15 is 0 Å². The highest BCUT2D eigenvalue weighted by Gasteiger charge is 2.37. The molecule has 33 heavy (non-hydrogen) atoms. The molecular weight excluding hydrogens is 416 g/mol. The van der Waals surface area contributed by atoms with E-state index in [4.69, 9.17) is 0 Å². The van der Waals surface area contributed by atoms with Crippen molar-refractivity contribution in [3.63, 3.8) is 0 Å². The number of carbonyl (C=O) groups excluding carboxylic acids is 1. The van der Waals surface area contributed by atoms with Crippen molar-refractivity contribution in [2.75, 3.05) is 13.1 Å². The minimum absolute atomic E-state index is 0.0373. The Morgan fingerprint density at radius 1 is 1.21 bits per heavy atom. The third kappa shape index (κ3) is 3.80. The second kappa shape index (κ2) is 8.44. The Morgan fingerprint density at radius 2 is 2.06 bits per heavy atom. The normalized spacial score (nSPS) is 18.5. The average Bonchev–Trinajstić information content (AvgIpc) is 3.23. The lowest BCUT2D eigenvalue weighted by molar-refractivity contribution is 0.0299. The lowest BCUT2D eigenvalue weighted by Crippen LogP contribution is -2.54. The Hall–Kier alpha value is -3.52. The van der Waals surface area contributed by atoms with E-state index in [2.05, 4.69) is 42.9 Å². The summed E-state index contributed by atoms with van der Waals surface area (Å²) in [6.07, 6.45) is 4.65. The molecule has 1 aliphatic heterocycles. The first-order valence-corrected chi connectivity index (χ1v) is 11.5. The maximum Gasteiger partial charge on any atom is 0.269 e. The number of nitrogens with zero attached hydrogens (tertiary/aromatic N) is 4. The number of pyridine rings is 3. The molecule has 2 atom stereocenters. The van der Waals surface area contributed by atoms with Gasteiger partial charge in [-0.25, -0.2) is 4.98 Å². The van der Waals surface area contributed by atoms with Crippen LogP contribution in [0.25, 0.3) is 22.1 Å². The van der Waals surface area contributed by atoms with E-state index in [0.29, 0.717) is 30.7 Å². The summed E-state index contributed by atoms with van der Waals surface area (Å²) in [6.45, 7) is 8.35. The summed E-state index contributed by atoms with van der Waals surface area (Å²) in [5.41, 5.74) is 5.72. The fourth-order valence-corrected chi connectivity index (χ4v) is 4.65. The topological polar surface area (TPSA) is 95.9 Å². The molecule has 4 aromatic rings. The molecule has 8 nitrogen and oxygen atoms in total. The Bertz CT molecular complexity index is 1410. The Kier molecular flexibility index (Phi) is 5.46. The van der Waals surface area contributed by atoms with Crippen molar-refractivity contribution in [1.29, 1.82) is 0 Å².